The van der Waals surface area contributed by atoms with Gasteiger partial charge in [-0.1, -0.05) is 29.8 Å². The van der Waals surface area contributed by atoms with Gasteiger partial charge in [-0.25, -0.2) is 14.0 Å². The fourth-order valence-corrected chi connectivity index (χ4v) is 4.27. The summed E-state index contributed by atoms with van der Waals surface area (Å²) in [4.78, 5) is 39.3. The average molecular weight is 511 g/mol. The second-order valence-electron chi connectivity index (χ2n) is 8.58. The van der Waals surface area contributed by atoms with Crippen molar-refractivity contribution in [2.75, 3.05) is 19.0 Å². The van der Waals surface area contributed by atoms with Gasteiger partial charge in [0.2, 0.25) is 0 Å². The number of hydrogen-bond acceptors (Lipinski definition) is 4. The van der Waals surface area contributed by atoms with Crippen molar-refractivity contribution >= 4 is 40.2 Å². The molecule has 1 amide bonds. The molecule has 0 fully saturated rings. The van der Waals surface area contributed by atoms with Crippen molar-refractivity contribution < 1.29 is 19.1 Å². The van der Waals surface area contributed by atoms with Gasteiger partial charge < -0.3 is 15.3 Å². The van der Waals surface area contributed by atoms with E-state index in [1.807, 2.05) is 37.2 Å². The Balaban J connectivity index is 1.61. The van der Waals surface area contributed by atoms with E-state index in [1.54, 1.807) is 40.4 Å². The number of halogens is 2. The van der Waals surface area contributed by atoms with Crippen molar-refractivity contribution in [3.8, 4) is 5.69 Å². The molecule has 0 radical (unpaired) electrons. The van der Waals surface area contributed by atoms with Crippen LogP contribution in [0, 0.1) is 5.82 Å². The van der Waals surface area contributed by atoms with Crippen LogP contribution in [0.3, 0.4) is 0 Å². The fourth-order valence-electron chi connectivity index (χ4n) is 4.02. The molecular formula is C26H24ClFN4O4. The number of amides is 1. The Labute approximate surface area is 211 Å². The summed E-state index contributed by atoms with van der Waals surface area (Å²) in [5.41, 5.74) is 3.04. The third-order valence-corrected chi connectivity index (χ3v) is 6.30. The molecule has 4 aromatic rings. The first-order valence-electron chi connectivity index (χ1n) is 11.0. The summed E-state index contributed by atoms with van der Waals surface area (Å²) in [5, 5.41) is 11.9. The lowest BCUT2D eigenvalue weighted by Gasteiger charge is -2.16. The third-order valence-electron chi connectivity index (χ3n) is 5.98. The Morgan fingerprint density at radius 2 is 1.78 bits per heavy atom. The Bertz CT molecular complexity index is 1510. The highest BCUT2D eigenvalue weighted by molar-refractivity contribution is 6.33. The largest absolute Gasteiger partial charge is 0.480 e. The van der Waals surface area contributed by atoms with Gasteiger partial charge in [-0.15, -0.1) is 0 Å². The van der Waals surface area contributed by atoms with E-state index >= 15 is 0 Å². The number of carbonyl (C=O) groups excluding carboxylic acids is 1. The second kappa shape index (κ2) is 9.87. The van der Waals surface area contributed by atoms with Crippen LogP contribution in [0.5, 0.6) is 0 Å². The summed E-state index contributed by atoms with van der Waals surface area (Å²) < 4.78 is 17.2. The molecule has 2 N–H and O–H groups in total. The molecule has 36 heavy (non-hydrogen) atoms. The maximum atomic E-state index is 14.1. The normalized spacial score (nSPS) is 11.9. The number of hydrogen-bond donors (Lipinski definition) is 2. The number of carboxylic acids is 1. The number of aryl methyl sites for hydroxylation is 1. The predicted octanol–water partition coefficient (Wildman–Crippen LogP) is 3.61. The van der Waals surface area contributed by atoms with E-state index in [9.17, 15) is 23.9 Å². The first kappa shape index (κ1) is 25.0. The number of aromatic nitrogens is 2. The average Bonchev–Trinajstić information content (AvgIpc) is 3.08. The van der Waals surface area contributed by atoms with Crippen LogP contribution in [0.4, 0.5) is 10.1 Å². The number of carboxylic acid groups (broad SMARTS) is 1. The standard InChI is InChI=1S/C26H24ClFN4O4/c1-30(2)17-11-12-21-22(14-17)32(26(36)31(21)3)16-9-7-15(8-10-16)13-20(25(34)35)29-24(33)23-18(27)5-4-6-19(23)28/h4-12,14,20H,13H2,1-3H3,(H,29,33)(H,34,35)/t20-/m0/s1. The van der Waals surface area contributed by atoms with E-state index in [2.05, 4.69) is 5.32 Å². The van der Waals surface area contributed by atoms with Gasteiger partial charge in [0.25, 0.3) is 5.91 Å². The number of aliphatic carboxylic acids is 1. The van der Waals surface area contributed by atoms with Crippen molar-refractivity contribution in [3.05, 3.63) is 93.1 Å². The first-order valence-corrected chi connectivity index (χ1v) is 11.4. The van der Waals surface area contributed by atoms with Gasteiger partial charge in [0.05, 0.1) is 27.3 Å². The zero-order valence-corrected chi connectivity index (χ0v) is 20.6. The molecular weight excluding hydrogens is 487 g/mol. The number of benzene rings is 3. The summed E-state index contributed by atoms with van der Waals surface area (Å²) in [7, 11) is 5.53. The van der Waals surface area contributed by atoms with Crippen molar-refractivity contribution in [3.63, 3.8) is 0 Å². The number of fused-ring (bicyclic) bond motifs is 1. The molecule has 186 valence electrons. The number of anilines is 1. The predicted molar refractivity (Wildman–Crippen MR) is 137 cm³/mol. The SMILES string of the molecule is CN(C)c1ccc2c(c1)n(-c1ccc(C[C@H](NC(=O)c3c(F)cccc3Cl)C(=O)O)cc1)c(=O)n2C. The molecule has 8 nitrogen and oxygen atoms in total. The monoisotopic (exact) mass is 510 g/mol. The summed E-state index contributed by atoms with van der Waals surface area (Å²) >= 11 is 5.93. The molecule has 1 aromatic heterocycles. The highest BCUT2D eigenvalue weighted by Gasteiger charge is 2.24. The lowest BCUT2D eigenvalue weighted by Crippen LogP contribution is -2.42. The molecule has 0 unspecified atom stereocenters. The van der Waals surface area contributed by atoms with Gasteiger partial charge in [0.1, 0.15) is 11.9 Å². The Kier molecular flexibility index (Phi) is 6.85. The lowest BCUT2D eigenvalue weighted by atomic mass is 10.0. The van der Waals surface area contributed by atoms with Crippen LogP contribution in [-0.2, 0) is 18.3 Å². The number of nitrogens with one attached hydrogen (secondary N) is 1. The maximum absolute atomic E-state index is 14.1. The molecule has 0 bridgehead atoms. The van der Waals surface area contributed by atoms with Crippen LogP contribution in [0.1, 0.15) is 15.9 Å². The summed E-state index contributed by atoms with van der Waals surface area (Å²) in [5.74, 6) is -3.03. The van der Waals surface area contributed by atoms with Crippen molar-refractivity contribution in [2.45, 2.75) is 12.5 Å². The van der Waals surface area contributed by atoms with Gasteiger partial charge in [0.15, 0.2) is 0 Å². The highest BCUT2D eigenvalue weighted by Crippen LogP contribution is 2.23. The summed E-state index contributed by atoms with van der Waals surface area (Å²) in [6, 6.07) is 15.0. The summed E-state index contributed by atoms with van der Waals surface area (Å²) in [6.45, 7) is 0. The molecule has 0 aliphatic carbocycles. The summed E-state index contributed by atoms with van der Waals surface area (Å²) in [6.07, 6.45) is -0.0529. The van der Waals surface area contributed by atoms with Crippen LogP contribution < -0.4 is 15.9 Å². The topological polar surface area (TPSA) is 96.6 Å². The maximum Gasteiger partial charge on any atom is 0.333 e. The van der Waals surface area contributed by atoms with Crippen LogP contribution >= 0.6 is 11.6 Å². The molecule has 0 saturated carbocycles. The van der Waals surface area contributed by atoms with Crippen LogP contribution in [-0.4, -0.2) is 46.3 Å². The van der Waals surface area contributed by atoms with Crippen LogP contribution in [0.15, 0.2) is 65.5 Å². The first-order chi connectivity index (χ1) is 17.1. The van der Waals surface area contributed by atoms with Gasteiger partial charge in [-0.2, -0.15) is 0 Å². The number of nitrogens with zero attached hydrogens (tertiary/aromatic N) is 3. The van der Waals surface area contributed by atoms with E-state index in [0.717, 1.165) is 22.8 Å². The Morgan fingerprint density at radius 1 is 1.08 bits per heavy atom. The molecule has 0 aliphatic heterocycles. The number of rotatable bonds is 7. The van der Waals surface area contributed by atoms with Crippen LogP contribution in [0.25, 0.3) is 16.7 Å². The molecule has 3 aromatic carbocycles. The molecule has 4 rings (SSSR count). The van der Waals surface area contributed by atoms with Gasteiger partial charge in [-0.05, 0) is 48.0 Å². The molecule has 1 atom stereocenters. The Morgan fingerprint density at radius 3 is 2.39 bits per heavy atom. The number of carbonyl (C=O) groups is 2. The van der Waals surface area contributed by atoms with E-state index in [-0.39, 0.29) is 17.1 Å². The van der Waals surface area contributed by atoms with Gasteiger partial charge in [-0.3, -0.25) is 13.9 Å². The van der Waals surface area contributed by atoms with E-state index in [1.165, 1.54) is 12.1 Å². The molecule has 1 heterocycles. The Hall–Kier alpha value is -4.11. The molecule has 0 saturated heterocycles. The zero-order valence-electron chi connectivity index (χ0n) is 19.8. The van der Waals surface area contributed by atoms with Crippen molar-refractivity contribution in [2.24, 2.45) is 7.05 Å². The smallest absolute Gasteiger partial charge is 0.333 e. The quantitative estimate of drug-likeness (QED) is 0.396. The zero-order chi connectivity index (χ0) is 26.1. The van der Waals surface area contributed by atoms with Gasteiger partial charge >= 0.3 is 11.7 Å². The fraction of sp³-hybridized carbons (Fsp3) is 0.192. The molecule has 10 heteroatoms. The minimum absolute atomic E-state index is 0.0529. The number of imidazole rings is 1. The minimum atomic E-state index is -1.32. The van der Waals surface area contributed by atoms with E-state index < -0.39 is 29.3 Å². The highest BCUT2D eigenvalue weighted by atomic mass is 35.5. The van der Waals surface area contributed by atoms with E-state index in [0.29, 0.717) is 11.3 Å². The second-order valence-corrected chi connectivity index (χ2v) is 8.98. The van der Waals surface area contributed by atoms with Crippen molar-refractivity contribution in [1.29, 1.82) is 0 Å². The molecule has 0 spiro atoms. The van der Waals surface area contributed by atoms with Crippen molar-refractivity contribution in [1.82, 2.24) is 14.5 Å². The van der Waals surface area contributed by atoms with Crippen LogP contribution in [0.2, 0.25) is 5.02 Å². The van der Waals surface area contributed by atoms with Gasteiger partial charge in [0, 0.05) is 33.3 Å². The lowest BCUT2D eigenvalue weighted by molar-refractivity contribution is -0.139. The van der Waals surface area contributed by atoms with E-state index in [4.69, 9.17) is 11.6 Å². The third kappa shape index (κ3) is 4.70. The minimum Gasteiger partial charge on any atom is -0.480 e. The molecule has 0 aliphatic rings.